The van der Waals surface area contributed by atoms with Crippen molar-refractivity contribution in [3.05, 3.63) is 63.9 Å². The quantitative estimate of drug-likeness (QED) is 0.752. The Labute approximate surface area is 155 Å². The maximum Gasteiger partial charge on any atom is 0.239 e. The Bertz CT molecular complexity index is 792. The summed E-state index contributed by atoms with van der Waals surface area (Å²) in [6.07, 6.45) is 0. The van der Waals surface area contributed by atoms with Crippen molar-refractivity contribution in [2.75, 3.05) is 5.32 Å². The van der Waals surface area contributed by atoms with E-state index in [0.29, 0.717) is 15.7 Å². The molecule has 4 nitrogen and oxygen atoms in total. The minimum atomic E-state index is -1.34. The second kappa shape index (κ2) is 7.85. The van der Waals surface area contributed by atoms with Gasteiger partial charge in [-0.25, -0.2) is 4.39 Å². The Morgan fingerprint density at radius 3 is 2.32 bits per heavy atom. The molecule has 0 aliphatic rings. The molecule has 0 aliphatic carbocycles. The van der Waals surface area contributed by atoms with Crippen molar-refractivity contribution in [3.8, 4) is 0 Å². The number of nitrogens with one attached hydrogen (secondary N) is 2. The topological polar surface area (TPSA) is 58.2 Å². The molecule has 0 aromatic heterocycles. The maximum atomic E-state index is 12.9. The first-order chi connectivity index (χ1) is 11.7. The molecule has 0 radical (unpaired) electrons. The average Bonchev–Trinajstić information content (AvgIpc) is 2.57. The summed E-state index contributed by atoms with van der Waals surface area (Å²) in [5.74, 6) is -1.34. The average molecular weight is 383 g/mol. The van der Waals surface area contributed by atoms with E-state index < -0.39 is 17.2 Å². The van der Waals surface area contributed by atoms with Crippen molar-refractivity contribution < 1.29 is 14.0 Å². The lowest BCUT2D eigenvalue weighted by Gasteiger charge is -2.23. The van der Waals surface area contributed by atoms with E-state index in [-0.39, 0.29) is 12.4 Å². The van der Waals surface area contributed by atoms with Crippen molar-refractivity contribution in [1.29, 1.82) is 0 Å². The van der Waals surface area contributed by atoms with E-state index in [1.54, 1.807) is 24.3 Å². The highest BCUT2D eigenvalue weighted by atomic mass is 35.5. The molecule has 2 aromatic carbocycles. The van der Waals surface area contributed by atoms with Gasteiger partial charge in [-0.15, -0.1) is 0 Å². The summed E-state index contributed by atoms with van der Waals surface area (Å²) >= 11 is 11.9. The number of halogens is 3. The fourth-order valence-electron chi connectivity index (χ4n) is 1.98. The van der Waals surface area contributed by atoms with Crippen LogP contribution in [0.15, 0.2) is 42.5 Å². The molecular formula is C18H17Cl2FN2O2. The molecule has 0 unspecified atom stereocenters. The number of hydrogen-bond donors (Lipinski definition) is 2. The van der Waals surface area contributed by atoms with Gasteiger partial charge in [0.25, 0.3) is 0 Å². The Kier molecular flexibility index (Phi) is 6.03. The molecule has 2 aromatic rings. The van der Waals surface area contributed by atoms with Crippen molar-refractivity contribution in [2.24, 2.45) is 5.41 Å². The van der Waals surface area contributed by atoms with Crippen LogP contribution in [0.4, 0.5) is 10.1 Å². The highest BCUT2D eigenvalue weighted by molar-refractivity contribution is 6.35. The van der Waals surface area contributed by atoms with Gasteiger partial charge in [0.15, 0.2) is 0 Å². The molecule has 132 valence electrons. The molecule has 25 heavy (non-hydrogen) atoms. The van der Waals surface area contributed by atoms with Crippen LogP contribution in [-0.2, 0) is 16.1 Å². The zero-order valence-corrected chi connectivity index (χ0v) is 15.2. The van der Waals surface area contributed by atoms with Gasteiger partial charge in [0.05, 0.1) is 10.7 Å². The van der Waals surface area contributed by atoms with Crippen LogP contribution in [-0.4, -0.2) is 11.8 Å². The Morgan fingerprint density at radius 1 is 1.04 bits per heavy atom. The molecular weight excluding hydrogens is 366 g/mol. The number of rotatable bonds is 5. The second-order valence-electron chi connectivity index (χ2n) is 6.01. The fourth-order valence-corrected chi connectivity index (χ4v) is 2.32. The number of hydrogen-bond acceptors (Lipinski definition) is 2. The van der Waals surface area contributed by atoms with Gasteiger partial charge in [-0.2, -0.15) is 0 Å². The molecule has 0 atom stereocenters. The third kappa shape index (κ3) is 4.94. The molecule has 0 heterocycles. The van der Waals surface area contributed by atoms with E-state index in [0.717, 1.165) is 5.56 Å². The number of carbonyl (C=O) groups is 2. The van der Waals surface area contributed by atoms with Crippen LogP contribution in [0.3, 0.4) is 0 Å². The zero-order valence-electron chi connectivity index (χ0n) is 13.7. The van der Waals surface area contributed by atoms with Gasteiger partial charge >= 0.3 is 0 Å². The minimum Gasteiger partial charge on any atom is -0.351 e. The summed E-state index contributed by atoms with van der Waals surface area (Å²) in [6.45, 7) is 3.19. The highest BCUT2D eigenvalue weighted by Gasteiger charge is 2.36. The molecule has 7 heteroatoms. The predicted octanol–water partition coefficient (Wildman–Crippen LogP) is 4.41. The van der Waals surface area contributed by atoms with Gasteiger partial charge in [0.2, 0.25) is 11.8 Å². The molecule has 2 N–H and O–H groups in total. The highest BCUT2D eigenvalue weighted by Crippen LogP contribution is 2.27. The summed E-state index contributed by atoms with van der Waals surface area (Å²) in [5.41, 5.74) is -0.284. The number of anilines is 1. The lowest BCUT2D eigenvalue weighted by Crippen LogP contribution is -2.44. The first-order valence-electron chi connectivity index (χ1n) is 7.49. The van der Waals surface area contributed by atoms with Crippen LogP contribution < -0.4 is 10.6 Å². The summed E-state index contributed by atoms with van der Waals surface area (Å²) in [4.78, 5) is 24.9. The number of carbonyl (C=O) groups excluding carboxylic acids is 2. The van der Waals surface area contributed by atoms with Crippen molar-refractivity contribution in [1.82, 2.24) is 5.32 Å². The number of amides is 2. The molecule has 0 saturated heterocycles. The minimum absolute atomic E-state index is 0.188. The Hall–Kier alpha value is -2.11. The van der Waals surface area contributed by atoms with Gasteiger partial charge in [-0.1, -0.05) is 35.3 Å². The summed E-state index contributed by atoms with van der Waals surface area (Å²) < 4.78 is 12.9. The largest absolute Gasteiger partial charge is 0.351 e. The van der Waals surface area contributed by atoms with Gasteiger partial charge in [0, 0.05) is 11.6 Å². The lowest BCUT2D eigenvalue weighted by atomic mass is 9.90. The standard InChI is InChI=1S/C18H17Cl2FN2O2/c1-18(2,16(24)22-10-11-3-6-13(21)7-4-11)17(25)23-15-9-12(19)5-8-14(15)20/h3-9H,10H2,1-2H3,(H,22,24)(H,23,25). The van der Waals surface area contributed by atoms with Crippen LogP contribution in [0.25, 0.3) is 0 Å². The third-order valence-electron chi connectivity index (χ3n) is 3.68. The number of benzene rings is 2. The summed E-state index contributed by atoms with van der Waals surface area (Å²) in [6, 6.07) is 10.4. The molecule has 0 bridgehead atoms. The van der Waals surface area contributed by atoms with Gasteiger partial charge in [0.1, 0.15) is 11.2 Å². The monoisotopic (exact) mass is 382 g/mol. The molecule has 0 aliphatic heterocycles. The molecule has 2 amide bonds. The van der Waals surface area contributed by atoms with E-state index >= 15 is 0 Å². The van der Waals surface area contributed by atoms with E-state index in [1.807, 2.05) is 0 Å². The van der Waals surface area contributed by atoms with Crippen molar-refractivity contribution in [3.63, 3.8) is 0 Å². The van der Waals surface area contributed by atoms with Gasteiger partial charge in [-0.05, 0) is 49.7 Å². The first kappa shape index (κ1) is 19.2. The van der Waals surface area contributed by atoms with Crippen molar-refractivity contribution in [2.45, 2.75) is 20.4 Å². The van der Waals surface area contributed by atoms with Crippen LogP contribution in [0.1, 0.15) is 19.4 Å². The smallest absolute Gasteiger partial charge is 0.239 e. The van der Waals surface area contributed by atoms with Crippen LogP contribution >= 0.6 is 23.2 Å². The summed E-state index contributed by atoms with van der Waals surface area (Å²) in [7, 11) is 0. The fraction of sp³-hybridized carbons (Fsp3) is 0.222. The van der Waals surface area contributed by atoms with Gasteiger partial charge < -0.3 is 10.6 Å². The molecule has 0 fully saturated rings. The third-order valence-corrected chi connectivity index (χ3v) is 4.24. The Balaban J connectivity index is 2.02. The molecule has 0 spiro atoms. The lowest BCUT2D eigenvalue weighted by molar-refractivity contribution is -0.138. The SMILES string of the molecule is CC(C)(C(=O)NCc1ccc(F)cc1)C(=O)Nc1cc(Cl)ccc1Cl. The van der Waals surface area contributed by atoms with Gasteiger partial charge in [-0.3, -0.25) is 9.59 Å². The second-order valence-corrected chi connectivity index (χ2v) is 6.86. The van der Waals surface area contributed by atoms with E-state index in [1.165, 1.54) is 32.0 Å². The van der Waals surface area contributed by atoms with E-state index in [2.05, 4.69) is 10.6 Å². The predicted molar refractivity (Wildman–Crippen MR) is 97.1 cm³/mol. The van der Waals surface area contributed by atoms with E-state index in [4.69, 9.17) is 23.2 Å². The van der Waals surface area contributed by atoms with Crippen LogP contribution in [0, 0.1) is 11.2 Å². The van der Waals surface area contributed by atoms with Crippen LogP contribution in [0.5, 0.6) is 0 Å². The Morgan fingerprint density at radius 2 is 1.68 bits per heavy atom. The zero-order chi connectivity index (χ0) is 18.6. The van der Waals surface area contributed by atoms with Crippen LogP contribution in [0.2, 0.25) is 10.0 Å². The normalized spacial score (nSPS) is 11.1. The molecule has 2 rings (SSSR count). The van der Waals surface area contributed by atoms with E-state index in [9.17, 15) is 14.0 Å². The molecule has 0 saturated carbocycles. The maximum absolute atomic E-state index is 12.9. The summed E-state index contributed by atoms with van der Waals surface area (Å²) in [5, 5.41) is 6.02. The first-order valence-corrected chi connectivity index (χ1v) is 8.25. The van der Waals surface area contributed by atoms with Crippen molar-refractivity contribution >= 4 is 40.7 Å².